The molecule has 4 unspecified atom stereocenters. The van der Waals surface area contributed by atoms with Gasteiger partial charge in [0.2, 0.25) is 0 Å². The van der Waals surface area contributed by atoms with E-state index >= 15 is 0 Å². The molecule has 1 heterocycles. The van der Waals surface area contributed by atoms with Gasteiger partial charge in [0.25, 0.3) is 0 Å². The Hall–Kier alpha value is -3.00. The van der Waals surface area contributed by atoms with Crippen LogP contribution in [0, 0.1) is 17.8 Å². The van der Waals surface area contributed by atoms with Gasteiger partial charge in [-0.05, 0) is 136 Å². The van der Waals surface area contributed by atoms with E-state index in [9.17, 15) is 0 Å². The zero-order valence-corrected chi connectivity index (χ0v) is 23.7. The first-order chi connectivity index (χ1) is 19.3. The second kappa shape index (κ2) is 10.9. The first kappa shape index (κ1) is 25.0. The molecule has 6 aliphatic carbocycles. The van der Waals surface area contributed by atoms with Crippen molar-refractivity contribution in [3.05, 3.63) is 112 Å². The summed E-state index contributed by atoms with van der Waals surface area (Å²) >= 11 is 0. The summed E-state index contributed by atoms with van der Waals surface area (Å²) < 4.78 is 2.49. The zero-order chi connectivity index (χ0) is 26.2. The summed E-state index contributed by atoms with van der Waals surface area (Å²) in [4.78, 5) is 0. The Morgan fingerprint density at radius 1 is 0.846 bits per heavy atom. The molecular weight excluding hydrogens is 472 g/mol. The molecule has 39 heavy (non-hydrogen) atoms. The highest BCUT2D eigenvalue weighted by molar-refractivity contribution is 5.63. The van der Waals surface area contributed by atoms with E-state index in [-0.39, 0.29) is 0 Å². The van der Waals surface area contributed by atoms with Gasteiger partial charge in [-0.25, -0.2) is 0 Å². The Bertz CT molecular complexity index is 1360. The highest BCUT2D eigenvalue weighted by Crippen LogP contribution is 2.47. The maximum Gasteiger partial charge on any atom is 0.0659 e. The van der Waals surface area contributed by atoms with Crippen LogP contribution in [0.3, 0.4) is 0 Å². The minimum Gasteiger partial charge on any atom is -0.301 e. The van der Waals surface area contributed by atoms with E-state index in [1.54, 1.807) is 22.3 Å². The van der Waals surface area contributed by atoms with Gasteiger partial charge >= 0.3 is 0 Å². The number of fused-ring (bicyclic) bond motifs is 5. The van der Waals surface area contributed by atoms with E-state index in [1.165, 1.54) is 80.3 Å². The molecule has 0 bridgehead atoms. The number of rotatable bonds is 5. The number of nitrogens with one attached hydrogen (secondary N) is 1. The Morgan fingerprint density at radius 3 is 2.62 bits per heavy atom. The SMILES string of the molecule is CC1=C(/C(=C\Nn2c3c(c4c2CCC2C=CC=CC42)CC(C2C=CCCC2)C=C3)C2=CC=CCC2)CCCC1. The summed E-state index contributed by atoms with van der Waals surface area (Å²) in [5.41, 5.74) is 16.2. The quantitative estimate of drug-likeness (QED) is 0.386. The summed E-state index contributed by atoms with van der Waals surface area (Å²) in [5, 5.41) is 0. The van der Waals surface area contributed by atoms with Gasteiger partial charge in [0, 0.05) is 17.8 Å². The summed E-state index contributed by atoms with van der Waals surface area (Å²) in [6.45, 7) is 2.37. The lowest BCUT2D eigenvalue weighted by Gasteiger charge is -2.32. The molecule has 0 radical (unpaired) electrons. The second-order valence-electron chi connectivity index (χ2n) is 12.6. The van der Waals surface area contributed by atoms with Gasteiger partial charge in [-0.15, -0.1) is 0 Å². The maximum atomic E-state index is 3.93. The third-order valence-electron chi connectivity index (χ3n) is 10.3. The summed E-state index contributed by atoms with van der Waals surface area (Å²) in [7, 11) is 0. The van der Waals surface area contributed by atoms with Crippen molar-refractivity contribution in [2.75, 3.05) is 5.43 Å². The number of hydrogen-bond donors (Lipinski definition) is 1. The largest absolute Gasteiger partial charge is 0.301 e. The molecule has 0 spiro atoms. The second-order valence-corrected chi connectivity index (χ2v) is 12.6. The topological polar surface area (TPSA) is 17.0 Å². The van der Waals surface area contributed by atoms with E-state index in [1.807, 2.05) is 0 Å². The van der Waals surface area contributed by atoms with Gasteiger partial charge in [0.05, 0.1) is 5.69 Å². The molecule has 0 aliphatic heterocycles. The zero-order valence-electron chi connectivity index (χ0n) is 23.7. The Labute approximate surface area is 235 Å². The molecule has 202 valence electrons. The molecule has 1 N–H and O–H groups in total. The van der Waals surface area contributed by atoms with E-state index in [4.69, 9.17) is 0 Å². The lowest BCUT2D eigenvalue weighted by Crippen LogP contribution is -2.23. The molecule has 0 fully saturated rings. The van der Waals surface area contributed by atoms with Gasteiger partial charge in [0.15, 0.2) is 0 Å². The van der Waals surface area contributed by atoms with Gasteiger partial charge in [-0.1, -0.05) is 66.3 Å². The van der Waals surface area contributed by atoms with Crippen LogP contribution in [-0.4, -0.2) is 4.68 Å². The molecule has 7 rings (SSSR count). The van der Waals surface area contributed by atoms with Crippen molar-refractivity contribution in [2.45, 2.75) is 89.9 Å². The summed E-state index contributed by atoms with van der Waals surface area (Å²) in [5.74, 6) is 2.47. The molecule has 0 amide bonds. The number of nitrogens with zero attached hydrogens (tertiary/aromatic N) is 1. The van der Waals surface area contributed by atoms with Crippen LogP contribution in [0.2, 0.25) is 0 Å². The molecule has 0 aromatic carbocycles. The molecule has 6 aliphatic rings. The first-order valence-corrected chi connectivity index (χ1v) is 15.8. The van der Waals surface area contributed by atoms with Crippen molar-refractivity contribution in [2.24, 2.45) is 17.8 Å². The van der Waals surface area contributed by atoms with Crippen LogP contribution in [0.5, 0.6) is 0 Å². The van der Waals surface area contributed by atoms with E-state index in [0.29, 0.717) is 23.7 Å². The van der Waals surface area contributed by atoms with Crippen molar-refractivity contribution in [1.82, 2.24) is 4.68 Å². The lowest BCUT2D eigenvalue weighted by atomic mass is 9.71. The standard InChI is InChI=1S/C37H44N2/c1-26-12-8-10-18-31(26)34(28-15-6-3-7-16-28)25-38-39-35-22-21-30(27-13-4-2-5-14-27)24-33(35)37-32-19-11-9-17-29(32)20-23-36(37)39/h3-4,6,9,11,13,15,17,19,21-22,25,27,29-30,32,38H,2,5,7-8,10,12,14,16,18,20,23-24H2,1H3/b34-25-. The number of allylic oxidation sites excluding steroid dienone is 14. The monoisotopic (exact) mass is 516 g/mol. The lowest BCUT2D eigenvalue weighted by molar-refractivity contribution is 0.414. The van der Waals surface area contributed by atoms with E-state index in [2.05, 4.69) is 90.1 Å². The van der Waals surface area contributed by atoms with Crippen LogP contribution in [0.25, 0.3) is 6.08 Å². The molecular formula is C37H44N2. The van der Waals surface area contributed by atoms with Crippen LogP contribution >= 0.6 is 0 Å². The molecule has 2 heteroatoms. The average Bonchev–Trinajstić information content (AvgIpc) is 3.32. The van der Waals surface area contributed by atoms with Crippen molar-refractivity contribution in [3.63, 3.8) is 0 Å². The average molecular weight is 517 g/mol. The van der Waals surface area contributed by atoms with Gasteiger partial charge in [-0.2, -0.15) is 0 Å². The van der Waals surface area contributed by atoms with Gasteiger partial charge in [0.1, 0.15) is 0 Å². The molecule has 1 aromatic rings. The maximum absolute atomic E-state index is 3.93. The van der Waals surface area contributed by atoms with Crippen molar-refractivity contribution >= 4 is 6.08 Å². The highest BCUT2D eigenvalue weighted by atomic mass is 15.4. The predicted molar refractivity (Wildman–Crippen MR) is 165 cm³/mol. The van der Waals surface area contributed by atoms with Crippen LogP contribution in [0.4, 0.5) is 0 Å². The molecule has 4 atom stereocenters. The number of hydrogen-bond acceptors (Lipinski definition) is 1. The predicted octanol–water partition coefficient (Wildman–Crippen LogP) is 9.40. The third kappa shape index (κ3) is 4.71. The Morgan fingerprint density at radius 2 is 1.77 bits per heavy atom. The molecule has 1 aromatic heterocycles. The fourth-order valence-corrected chi connectivity index (χ4v) is 8.19. The Balaban J connectivity index is 1.31. The fourth-order valence-electron chi connectivity index (χ4n) is 8.19. The van der Waals surface area contributed by atoms with Crippen LogP contribution in [0.15, 0.2) is 89.3 Å². The minimum absolute atomic E-state index is 0.516. The van der Waals surface area contributed by atoms with Crippen LogP contribution in [0.1, 0.15) is 99.6 Å². The smallest absolute Gasteiger partial charge is 0.0659 e. The molecule has 0 saturated carbocycles. The van der Waals surface area contributed by atoms with E-state index in [0.717, 1.165) is 19.3 Å². The normalized spacial score (nSPS) is 29.7. The molecule has 2 nitrogen and oxygen atoms in total. The molecule has 0 saturated heterocycles. The third-order valence-corrected chi connectivity index (χ3v) is 10.3. The fraction of sp³-hybridized carbons (Fsp3) is 0.459. The highest BCUT2D eigenvalue weighted by Gasteiger charge is 2.37. The van der Waals surface area contributed by atoms with Gasteiger partial charge < -0.3 is 5.43 Å². The first-order valence-electron chi connectivity index (χ1n) is 15.8. The van der Waals surface area contributed by atoms with Crippen molar-refractivity contribution < 1.29 is 0 Å². The van der Waals surface area contributed by atoms with Crippen molar-refractivity contribution in [1.29, 1.82) is 0 Å². The Kier molecular flexibility index (Phi) is 6.97. The number of aromatic nitrogens is 1. The van der Waals surface area contributed by atoms with Crippen LogP contribution in [-0.2, 0) is 12.8 Å². The van der Waals surface area contributed by atoms with Crippen LogP contribution < -0.4 is 5.43 Å². The van der Waals surface area contributed by atoms with Gasteiger partial charge in [-0.3, -0.25) is 4.68 Å². The van der Waals surface area contributed by atoms with Crippen molar-refractivity contribution in [3.8, 4) is 0 Å². The summed E-state index contributed by atoms with van der Waals surface area (Å²) in [6, 6.07) is 0. The van der Waals surface area contributed by atoms with E-state index < -0.39 is 0 Å². The summed E-state index contributed by atoms with van der Waals surface area (Å²) in [6.07, 6.45) is 43.6. The minimum atomic E-state index is 0.516.